The summed E-state index contributed by atoms with van der Waals surface area (Å²) in [5.41, 5.74) is 1.45. The Labute approximate surface area is 218 Å². The first-order chi connectivity index (χ1) is 16.9. The number of pyridine rings is 1. The molecule has 2 aromatic heterocycles. The molecule has 0 unspecified atom stereocenters. The number of nitrogens with zero attached hydrogens (tertiary/aromatic N) is 3. The van der Waals surface area contributed by atoms with Gasteiger partial charge in [-0.05, 0) is 64.3 Å². The molecule has 0 bridgehead atoms. The molecule has 1 aliphatic heterocycles. The van der Waals surface area contributed by atoms with E-state index in [-0.39, 0.29) is 24.0 Å². The lowest BCUT2D eigenvalue weighted by Gasteiger charge is -2.26. The summed E-state index contributed by atoms with van der Waals surface area (Å²) in [6, 6.07) is 5.01. The third-order valence-corrected chi connectivity index (χ3v) is 9.38. The summed E-state index contributed by atoms with van der Waals surface area (Å²) >= 11 is 1.52. The highest BCUT2D eigenvalue weighted by molar-refractivity contribution is 7.89. The van der Waals surface area contributed by atoms with E-state index in [0.29, 0.717) is 25.1 Å². The van der Waals surface area contributed by atoms with Crippen molar-refractivity contribution in [2.45, 2.75) is 71.4 Å². The Bertz CT molecular complexity index is 1220. The maximum atomic E-state index is 13.7. The van der Waals surface area contributed by atoms with Crippen LogP contribution in [0.25, 0.3) is 0 Å². The van der Waals surface area contributed by atoms with Gasteiger partial charge < -0.3 is 15.4 Å². The second kappa shape index (κ2) is 11.3. The van der Waals surface area contributed by atoms with Crippen LogP contribution >= 0.6 is 11.3 Å². The Kier molecular flexibility index (Phi) is 8.81. The van der Waals surface area contributed by atoms with Crippen molar-refractivity contribution in [3.05, 3.63) is 57.3 Å². The van der Waals surface area contributed by atoms with Crippen molar-refractivity contribution in [2.24, 2.45) is 11.3 Å². The van der Waals surface area contributed by atoms with Gasteiger partial charge in [-0.15, -0.1) is 11.3 Å². The Morgan fingerprint density at radius 3 is 2.78 bits per heavy atom. The van der Waals surface area contributed by atoms with Gasteiger partial charge in [0, 0.05) is 59.9 Å². The number of fused-ring (bicyclic) bond motifs is 1. The number of carbonyl (C=O) groups is 1. The van der Waals surface area contributed by atoms with E-state index in [2.05, 4.69) is 10.3 Å². The molecule has 0 amide bonds. The number of rotatable bonds is 10. The quantitative estimate of drug-likeness (QED) is 0.312. The molecular formula is C25H37N5O4S2. The molecule has 0 aromatic carbocycles. The second-order valence-electron chi connectivity index (χ2n) is 9.79. The fourth-order valence-electron chi connectivity index (χ4n) is 4.16. The van der Waals surface area contributed by atoms with Crippen molar-refractivity contribution in [1.29, 1.82) is 0 Å². The number of aliphatic carboxylic acids is 1. The van der Waals surface area contributed by atoms with Crippen molar-refractivity contribution >= 4 is 27.3 Å². The highest BCUT2D eigenvalue weighted by atomic mass is 32.2. The zero-order chi connectivity index (χ0) is 26.7. The number of allylic oxidation sites excluding steroid dienone is 1. The molecule has 36 heavy (non-hydrogen) atoms. The van der Waals surface area contributed by atoms with Gasteiger partial charge in [-0.3, -0.25) is 9.78 Å². The van der Waals surface area contributed by atoms with Gasteiger partial charge in [0.15, 0.2) is 0 Å². The molecule has 2 aromatic rings. The molecule has 198 valence electrons. The molecule has 0 aliphatic carbocycles. The summed E-state index contributed by atoms with van der Waals surface area (Å²) < 4.78 is 29.0. The van der Waals surface area contributed by atoms with Crippen LogP contribution in [0, 0.1) is 12.3 Å². The normalized spacial score (nSPS) is 18.4. The molecule has 0 radical (unpaired) electrons. The average Bonchev–Trinajstić information content (AvgIpc) is 3.10. The van der Waals surface area contributed by atoms with E-state index in [9.17, 15) is 18.3 Å². The summed E-state index contributed by atoms with van der Waals surface area (Å²) in [5, 5.41) is 14.6. The van der Waals surface area contributed by atoms with Gasteiger partial charge in [0.2, 0.25) is 10.0 Å². The van der Waals surface area contributed by atoms with Crippen molar-refractivity contribution in [2.75, 3.05) is 13.1 Å². The predicted molar refractivity (Wildman–Crippen MR) is 142 cm³/mol. The number of nitrogens with two attached hydrogens (primary N) is 1. The molecule has 1 atom stereocenters. The lowest BCUT2D eigenvalue weighted by Crippen LogP contribution is -2.42. The smallest absolute Gasteiger partial charge is 0.309 e. The summed E-state index contributed by atoms with van der Waals surface area (Å²) in [4.78, 5) is 18.1. The third-order valence-electron chi connectivity index (χ3n) is 6.40. The number of carboxylic acid groups (broad SMARTS) is 1. The van der Waals surface area contributed by atoms with Crippen LogP contribution in [0.4, 0.5) is 0 Å². The average molecular weight is 536 g/mol. The Morgan fingerprint density at radius 1 is 1.42 bits per heavy atom. The first kappa shape index (κ1) is 28.1. The fourth-order valence-corrected chi connectivity index (χ4v) is 7.09. The van der Waals surface area contributed by atoms with Crippen LogP contribution in [0.1, 0.15) is 55.1 Å². The van der Waals surface area contributed by atoms with Gasteiger partial charge in [-0.2, -0.15) is 4.31 Å². The number of nitrogens with one attached hydrogen (secondary N) is 1. The Morgan fingerprint density at radius 2 is 2.14 bits per heavy atom. The first-order valence-corrected chi connectivity index (χ1v) is 14.4. The first-order valence-electron chi connectivity index (χ1n) is 12.1. The van der Waals surface area contributed by atoms with Gasteiger partial charge in [-0.1, -0.05) is 6.92 Å². The molecule has 0 saturated carbocycles. The lowest BCUT2D eigenvalue weighted by molar-refractivity contribution is -0.146. The van der Waals surface area contributed by atoms with Crippen molar-refractivity contribution in [1.82, 2.24) is 19.6 Å². The number of hydrogen-bond donors (Lipinski definition) is 3. The van der Waals surface area contributed by atoms with E-state index in [0.717, 1.165) is 27.4 Å². The molecule has 0 fully saturated rings. The zero-order valence-electron chi connectivity index (χ0n) is 21.6. The summed E-state index contributed by atoms with van der Waals surface area (Å²) in [5.74, 6) is 5.12. The van der Waals surface area contributed by atoms with Crippen LogP contribution in [0.2, 0.25) is 0 Å². The molecule has 0 spiro atoms. The number of aryl methyl sites for hydroxylation is 1. The largest absolute Gasteiger partial charge is 0.481 e. The molecule has 0 saturated heterocycles. The second-order valence-corrected chi connectivity index (χ2v) is 13.0. The fraction of sp³-hybridized carbons (Fsp3) is 0.520. The van der Waals surface area contributed by atoms with E-state index in [1.54, 1.807) is 37.2 Å². The van der Waals surface area contributed by atoms with Gasteiger partial charge in [0.05, 0.1) is 11.1 Å². The van der Waals surface area contributed by atoms with Crippen LogP contribution < -0.4 is 11.2 Å². The lowest BCUT2D eigenvalue weighted by atomic mass is 9.89. The number of sulfonamides is 1. The number of hydrogen-bond acceptors (Lipinski definition) is 8. The molecule has 1 aliphatic rings. The summed E-state index contributed by atoms with van der Waals surface area (Å²) in [6.45, 7) is 10.4. The van der Waals surface area contributed by atoms with E-state index in [1.165, 1.54) is 15.6 Å². The molecule has 4 N–H and O–H groups in total. The Hall–Kier alpha value is -2.47. The van der Waals surface area contributed by atoms with Crippen LogP contribution in [0.5, 0.6) is 0 Å². The van der Waals surface area contributed by atoms with E-state index in [4.69, 9.17) is 5.84 Å². The van der Waals surface area contributed by atoms with Crippen molar-refractivity contribution in [3.8, 4) is 0 Å². The van der Waals surface area contributed by atoms with Crippen LogP contribution in [0.15, 0.2) is 41.2 Å². The monoisotopic (exact) mass is 535 g/mol. The van der Waals surface area contributed by atoms with E-state index < -0.39 is 21.4 Å². The van der Waals surface area contributed by atoms with Crippen LogP contribution in [-0.4, -0.2) is 52.9 Å². The minimum Gasteiger partial charge on any atom is -0.481 e. The highest BCUT2D eigenvalue weighted by Gasteiger charge is 2.35. The predicted octanol–water partition coefficient (Wildman–Crippen LogP) is 3.26. The Balaban J connectivity index is 1.94. The van der Waals surface area contributed by atoms with Gasteiger partial charge >= 0.3 is 5.97 Å². The zero-order valence-corrected chi connectivity index (χ0v) is 23.2. The number of hydrazine groups is 1. The number of thiophene rings is 1. The number of aromatic nitrogens is 1. The minimum atomic E-state index is -3.79. The van der Waals surface area contributed by atoms with Gasteiger partial charge in [0.1, 0.15) is 4.90 Å². The SMILES string of the molecule is CC/C(=C/N(N)CC)N[C@H]1Cc2ncccc2S(=O)(=O)N(Cc2cc(CC(C)(C)C(=O)O)sc2C)C1. The maximum Gasteiger partial charge on any atom is 0.309 e. The summed E-state index contributed by atoms with van der Waals surface area (Å²) in [6.07, 6.45) is 5.03. The third kappa shape index (κ3) is 6.44. The minimum absolute atomic E-state index is 0.197. The number of carboxylic acids is 1. The molecular weight excluding hydrogens is 498 g/mol. The van der Waals surface area contributed by atoms with E-state index in [1.807, 2.05) is 33.0 Å². The molecule has 3 rings (SSSR count). The topological polar surface area (TPSA) is 129 Å². The van der Waals surface area contributed by atoms with Crippen LogP contribution in [-0.2, 0) is 34.2 Å². The van der Waals surface area contributed by atoms with E-state index >= 15 is 0 Å². The van der Waals surface area contributed by atoms with Crippen molar-refractivity contribution < 1.29 is 18.3 Å². The summed E-state index contributed by atoms with van der Waals surface area (Å²) in [7, 11) is -3.79. The highest BCUT2D eigenvalue weighted by Crippen LogP contribution is 2.32. The molecule has 3 heterocycles. The van der Waals surface area contributed by atoms with Crippen LogP contribution in [0.3, 0.4) is 0 Å². The van der Waals surface area contributed by atoms with Crippen molar-refractivity contribution in [3.63, 3.8) is 0 Å². The maximum absolute atomic E-state index is 13.7. The molecule has 9 nitrogen and oxygen atoms in total. The molecule has 11 heteroatoms. The van der Waals surface area contributed by atoms with Gasteiger partial charge in [0.25, 0.3) is 0 Å². The van der Waals surface area contributed by atoms with Gasteiger partial charge in [-0.25, -0.2) is 14.3 Å². The standard InChI is InChI=1S/C25H37N5O4S2/c1-6-19(15-29(26)7-2)28-20-12-22-23(9-8-10-27-22)36(33,34)30(16-20)14-18-11-21(35-17(18)3)13-25(4,5)24(31)32/h8-11,15,20,28H,6-7,12-14,16,26H2,1-5H3,(H,31,32)/b19-15-/t20-/m0/s1.